The molecule has 5 nitrogen and oxygen atoms in total. The van der Waals surface area contributed by atoms with Gasteiger partial charge in [0.2, 0.25) is 5.91 Å². The van der Waals surface area contributed by atoms with Gasteiger partial charge >= 0.3 is 0 Å². The van der Waals surface area contributed by atoms with Crippen molar-refractivity contribution in [3.63, 3.8) is 0 Å². The summed E-state index contributed by atoms with van der Waals surface area (Å²) in [5.74, 6) is 0.222. The topological polar surface area (TPSA) is 53.0 Å². The van der Waals surface area contributed by atoms with Gasteiger partial charge in [0, 0.05) is 32.2 Å². The number of aliphatic hydroxyl groups excluding tert-OH is 1. The number of amides is 1. The van der Waals surface area contributed by atoms with E-state index in [9.17, 15) is 14.3 Å². The van der Waals surface area contributed by atoms with Crippen molar-refractivity contribution in [3.8, 4) is 5.75 Å². The van der Waals surface area contributed by atoms with Gasteiger partial charge in [0.15, 0.2) is 0 Å². The minimum Gasteiger partial charge on any atom is -0.492 e. The van der Waals surface area contributed by atoms with Gasteiger partial charge in [-0.25, -0.2) is 4.39 Å². The molecule has 0 aromatic heterocycles. The van der Waals surface area contributed by atoms with Gasteiger partial charge in [0.1, 0.15) is 18.2 Å². The van der Waals surface area contributed by atoms with E-state index in [2.05, 4.69) is 11.8 Å². The molecule has 1 fully saturated rings. The summed E-state index contributed by atoms with van der Waals surface area (Å²) < 4.78 is 19.0. The van der Waals surface area contributed by atoms with Gasteiger partial charge in [-0.1, -0.05) is 6.92 Å². The Balaban J connectivity index is 1.58. The predicted molar refractivity (Wildman–Crippen MR) is 88.4 cm³/mol. The van der Waals surface area contributed by atoms with Crippen LogP contribution in [0.4, 0.5) is 4.39 Å². The first kappa shape index (κ1) is 17.2. The molecule has 2 heterocycles. The number of rotatable bonds is 4. The van der Waals surface area contributed by atoms with Gasteiger partial charge in [0.05, 0.1) is 12.5 Å². The fourth-order valence-electron chi connectivity index (χ4n) is 3.59. The molecule has 0 aliphatic carbocycles. The molecule has 1 N–H and O–H groups in total. The lowest BCUT2D eigenvalue weighted by Gasteiger charge is -2.40. The number of hydrogen-bond donors (Lipinski definition) is 1. The second-order valence-corrected chi connectivity index (χ2v) is 6.57. The van der Waals surface area contributed by atoms with Crippen LogP contribution in [-0.2, 0) is 11.2 Å². The highest BCUT2D eigenvalue weighted by Gasteiger charge is 2.32. The van der Waals surface area contributed by atoms with Crippen LogP contribution in [0.3, 0.4) is 0 Å². The smallest absolute Gasteiger partial charge is 0.229 e. The molecule has 1 aromatic carbocycles. The number of carbonyl (C=O) groups excluding carboxylic acids is 1. The lowest BCUT2D eigenvalue weighted by molar-refractivity contribution is -0.139. The van der Waals surface area contributed by atoms with Crippen LogP contribution in [0.2, 0.25) is 0 Å². The van der Waals surface area contributed by atoms with E-state index in [1.807, 2.05) is 4.90 Å². The first-order valence-electron chi connectivity index (χ1n) is 8.67. The summed E-state index contributed by atoms with van der Waals surface area (Å²) in [5, 5.41) is 9.40. The third-order valence-corrected chi connectivity index (χ3v) is 5.10. The van der Waals surface area contributed by atoms with Crippen molar-refractivity contribution in [1.29, 1.82) is 0 Å². The first-order valence-corrected chi connectivity index (χ1v) is 8.67. The van der Waals surface area contributed by atoms with Gasteiger partial charge in [-0.15, -0.1) is 0 Å². The summed E-state index contributed by atoms with van der Waals surface area (Å²) in [4.78, 5) is 16.9. The Hall–Kier alpha value is -1.66. The number of ether oxygens (including phenoxy) is 1. The summed E-state index contributed by atoms with van der Waals surface area (Å²) in [5.41, 5.74) is 0.768. The van der Waals surface area contributed by atoms with Crippen LogP contribution in [0, 0.1) is 11.7 Å². The minimum atomic E-state index is -0.298. The normalized spacial score (nSPS) is 22.6. The predicted octanol–water partition coefficient (Wildman–Crippen LogP) is 1.29. The standard InChI is InChI=1S/C18H25FN2O3/c1-2-16(11-22)20-5-7-21(8-6-20)18(23)14-9-13-10-15(19)3-4-17(13)24-12-14/h3-4,10,14,16,22H,2,5-9,11-12H2,1H3. The highest BCUT2D eigenvalue weighted by atomic mass is 19.1. The molecule has 6 heteroatoms. The van der Waals surface area contributed by atoms with Crippen molar-refractivity contribution in [3.05, 3.63) is 29.6 Å². The maximum absolute atomic E-state index is 13.4. The number of fused-ring (bicyclic) bond motifs is 1. The number of aliphatic hydroxyl groups is 1. The maximum Gasteiger partial charge on any atom is 0.229 e. The van der Waals surface area contributed by atoms with Crippen molar-refractivity contribution in [2.75, 3.05) is 39.4 Å². The van der Waals surface area contributed by atoms with Gasteiger partial charge in [-0.2, -0.15) is 0 Å². The molecule has 0 bridgehead atoms. The molecular formula is C18H25FN2O3. The van der Waals surface area contributed by atoms with E-state index in [0.717, 1.165) is 25.1 Å². The molecule has 1 amide bonds. The molecule has 2 atom stereocenters. The molecule has 2 unspecified atom stereocenters. The number of benzene rings is 1. The first-order chi connectivity index (χ1) is 11.6. The van der Waals surface area contributed by atoms with Crippen LogP contribution < -0.4 is 4.74 Å². The number of carbonyl (C=O) groups is 1. The number of nitrogens with zero attached hydrogens (tertiary/aromatic N) is 2. The molecule has 24 heavy (non-hydrogen) atoms. The van der Waals surface area contributed by atoms with Crippen molar-refractivity contribution in [2.45, 2.75) is 25.8 Å². The van der Waals surface area contributed by atoms with E-state index < -0.39 is 0 Å². The van der Waals surface area contributed by atoms with Crippen molar-refractivity contribution in [1.82, 2.24) is 9.80 Å². The van der Waals surface area contributed by atoms with Crippen LogP contribution in [0.1, 0.15) is 18.9 Å². The average molecular weight is 336 g/mol. The molecule has 0 saturated carbocycles. The summed E-state index contributed by atoms with van der Waals surface area (Å²) >= 11 is 0. The molecule has 0 spiro atoms. The van der Waals surface area contributed by atoms with Crippen LogP contribution in [0.25, 0.3) is 0 Å². The Morgan fingerprint density at radius 3 is 2.79 bits per heavy atom. The second kappa shape index (κ2) is 7.49. The quantitative estimate of drug-likeness (QED) is 0.900. The average Bonchev–Trinajstić information content (AvgIpc) is 2.62. The number of halogens is 1. The van der Waals surface area contributed by atoms with Crippen LogP contribution >= 0.6 is 0 Å². The van der Waals surface area contributed by atoms with E-state index in [4.69, 9.17) is 4.74 Å². The zero-order chi connectivity index (χ0) is 17.1. The van der Waals surface area contributed by atoms with Crippen LogP contribution in [0.5, 0.6) is 5.75 Å². The zero-order valence-corrected chi connectivity index (χ0v) is 14.1. The molecule has 2 aliphatic rings. The second-order valence-electron chi connectivity index (χ2n) is 6.57. The summed E-state index contributed by atoms with van der Waals surface area (Å²) in [6.45, 7) is 5.47. The third kappa shape index (κ3) is 3.54. The fraction of sp³-hybridized carbons (Fsp3) is 0.611. The Bertz CT molecular complexity index is 584. The van der Waals surface area contributed by atoms with Gasteiger partial charge in [-0.05, 0) is 36.6 Å². The molecule has 2 aliphatic heterocycles. The lowest BCUT2D eigenvalue weighted by atomic mass is 9.95. The molecule has 1 saturated heterocycles. The summed E-state index contributed by atoms with van der Waals surface area (Å²) in [6.07, 6.45) is 1.43. The number of piperazine rings is 1. The Labute approximate surface area is 142 Å². The molecule has 3 rings (SSSR count). The van der Waals surface area contributed by atoms with E-state index in [1.54, 1.807) is 6.07 Å². The Morgan fingerprint density at radius 2 is 2.12 bits per heavy atom. The summed E-state index contributed by atoms with van der Waals surface area (Å²) in [7, 11) is 0. The van der Waals surface area contributed by atoms with E-state index in [1.165, 1.54) is 12.1 Å². The van der Waals surface area contributed by atoms with E-state index in [0.29, 0.717) is 31.9 Å². The molecule has 1 aromatic rings. The van der Waals surface area contributed by atoms with Crippen LogP contribution in [0.15, 0.2) is 18.2 Å². The van der Waals surface area contributed by atoms with E-state index in [-0.39, 0.29) is 30.3 Å². The zero-order valence-electron chi connectivity index (χ0n) is 14.1. The molecule has 132 valence electrons. The highest BCUT2D eigenvalue weighted by molar-refractivity contribution is 5.80. The largest absolute Gasteiger partial charge is 0.492 e. The maximum atomic E-state index is 13.4. The van der Waals surface area contributed by atoms with Crippen molar-refractivity contribution in [2.24, 2.45) is 5.92 Å². The van der Waals surface area contributed by atoms with Crippen molar-refractivity contribution >= 4 is 5.91 Å². The SMILES string of the molecule is CCC(CO)N1CCN(C(=O)C2COc3ccc(F)cc3C2)CC1. The van der Waals surface area contributed by atoms with Gasteiger partial charge < -0.3 is 14.7 Å². The Morgan fingerprint density at radius 1 is 1.38 bits per heavy atom. The minimum absolute atomic E-state index is 0.0848. The van der Waals surface area contributed by atoms with Crippen molar-refractivity contribution < 1.29 is 19.0 Å². The Kier molecular flexibility index (Phi) is 5.36. The van der Waals surface area contributed by atoms with Crippen LogP contribution in [-0.4, -0.2) is 66.2 Å². The highest BCUT2D eigenvalue weighted by Crippen LogP contribution is 2.29. The third-order valence-electron chi connectivity index (χ3n) is 5.10. The number of hydrogen-bond acceptors (Lipinski definition) is 4. The van der Waals surface area contributed by atoms with Gasteiger partial charge in [-0.3, -0.25) is 9.69 Å². The molecule has 0 radical (unpaired) electrons. The van der Waals surface area contributed by atoms with Gasteiger partial charge in [0.25, 0.3) is 0 Å². The monoisotopic (exact) mass is 336 g/mol. The van der Waals surface area contributed by atoms with E-state index >= 15 is 0 Å². The summed E-state index contributed by atoms with van der Waals surface area (Å²) in [6, 6.07) is 4.64. The molecular weight excluding hydrogens is 311 g/mol. The fourth-order valence-corrected chi connectivity index (χ4v) is 3.59. The lowest BCUT2D eigenvalue weighted by Crippen LogP contribution is -2.54.